The van der Waals surface area contributed by atoms with E-state index in [1.165, 1.54) is 19.3 Å². The molecule has 2 atom stereocenters. The Bertz CT molecular complexity index is 181. The van der Waals surface area contributed by atoms with Crippen LogP contribution in [0.1, 0.15) is 59.3 Å². The summed E-state index contributed by atoms with van der Waals surface area (Å²) in [4.78, 5) is 11.5. The molecule has 16 heavy (non-hydrogen) atoms. The van der Waals surface area contributed by atoms with Crippen LogP contribution in [0.2, 0.25) is 0 Å². The van der Waals surface area contributed by atoms with Gasteiger partial charge in [0, 0.05) is 19.0 Å². The summed E-state index contributed by atoms with van der Waals surface area (Å²) in [6, 6.07) is 0.118. The molecule has 0 heterocycles. The predicted octanol–water partition coefficient (Wildman–Crippen LogP) is 2.45. The first-order chi connectivity index (χ1) is 7.60. The van der Waals surface area contributed by atoms with Crippen molar-refractivity contribution in [3.05, 3.63) is 0 Å². The van der Waals surface area contributed by atoms with Gasteiger partial charge in [-0.2, -0.15) is 0 Å². The van der Waals surface area contributed by atoms with Gasteiger partial charge >= 0.3 is 0 Å². The molecule has 0 aliphatic heterocycles. The van der Waals surface area contributed by atoms with Gasteiger partial charge in [0.1, 0.15) is 0 Å². The number of carbonyl (C=O) groups is 1. The van der Waals surface area contributed by atoms with E-state index < -0.39 is 0 Å². The average Bonchev–Trinajstić information content (AvgIpc) is 2.26. The molecule has 0 radical (unpaired) electrons. The number of carbonyl (C=O) groups excluding carboxylic acids is 1. The lowest BCUT2D eigenvalue weighted by atomic mass is 9.99. The fraction of sp³-hybridized carbons (Fsp3) is 0.923. The average molecular weight is 228 g/mol. The molecule has 0 fully saturated rings. The van der Waals surface area contributed by atoms with Gasteiger partial charge in [-0.25, -0.2) is 0 Å². The van der Waals surface area contributed by atoms with Gasteiger partial charge in [0.2, 0.25) is 5.91 Å². The van der Waals surface area contributed by atoms with Crippen molar-refractivity contribution in [2.45, 2.75) is 65.3 Å². The maximum Gasteiger partial charge on any atom is 0.220 e. The molecule has 0 spiro atoms. The Morgan fingerprint density at radius 2 is 2.00 bits per heavy atom. The summed E-state index contributed by atoms with van der Waals surface area (Å²) in [5, 5.41) is 3.00. The molecular weight excluding hydrogens is 200 g/mol. The number of nitrogens with one attached hydrogen (secondary N) is 1. The minimum Gasteiger partial charge on any atom is -0.356 e. The van der Waals surface area contributed by atoms with Crippen LogP contribution < -0.4 is 11.1 Å². The van der Waals surface area contributed by atoms with Crippen molar-refractivity contribution in [3.63, 3.8) is 0 Å². The van der Waals surface area contributed by atoms with Gasteiger partial charge < -0.3 is 11.1 Å². The maximum absolute atomic E-state index is 11.5. The summed E-state index contributed by atoms with van der Waals surface area (Å²) >= 11 is 0. The van der Waals surface area contributed by atoms with Crippen molar-refractivity contribution in [1.29, 1.82) is 0 Å². The lowest BCUT2D eigenvalue weighted by Crippen LogP contribution is -2.30. The third-order valence-electron chi connectivity index (χ3n) is 2.96. The van der Waals surface area contributed by atoms with Crippen LogP contribution in [0.25, 0.3) is 0 Å². The number of nitrogens with two attached hydrogens (primary N) is 1. The molecule has 3 heteroatoms. The molecule has 3 N–H and O–H groups in total. The number of unbranched alkanes of at least 4 members (excludes halogenated alkanes) is 1. The van der Waals surface area contributed by atoms with Gasteiger partial charge in [-0.1, -0.05) is 33.1 Å². The molecule has 0 aromatic rings. The first kappa shape index (κ1) is 15.4. The molecule has 0 rings (SSSR count). The van der Waals surface area contributed by atoms with Gasteiger partial charge in [0.25, 0.3) is 0 Å². The van der Waals surface area contributed by atoms with Crippen LogP contribution in [0.4, 0.5) is 0 Å². The zero-order valence-electron chi connectivity index (χ0n) is 11.1. The lowest BCUT2D eigenvalue weighted by molar-refractivity contribution is -0.121. The van der Waals surface area contributed by atoms with Crippen molar-refractivity contribution in [2.75, 3.05) is 6.54 Å². The topological polar surface area (TPSA) is 55.1 Å². The minimum absolute atomic E-state index is 0.118. The Hall–Kier alpha value is -0.570. The Kier molecular flexibility index (Phi) is 9.30. The highest BCUT2D eigenvalue weighted by molar-refractivity contribution is 5.75. The van der Waals surface area contributed by atoms with E-state index in [9.17, 15) is 4.79 Å². The molecule has 0 saturated carbocycles. The smallest absolute Gasteiger partial charge is 0.220 e. The molecule has 0 bridgehead atoms. The summed E-state index contributed by atoms with van der Waals surface area (Å²) in [6.45, 7) is 7.15. The second-order valence-electron chi connectivity index (χ2n) is 4.74. The van der Waals surface area contributed by atoms with Crippen LogP contribution in [0.5, 0.6) is 0 Å². The summed E-state index contributed by atoms with van der Waals surface area (Å²) in [7, 11) is 0. The first-order valence-corrected chi connectivity index (χ1v) is 6.62. The van der Waals surface area contributed by atoms with Crippen LogP contribution in [-0.4, -0.2) is 18.5 Å². The van der Waals surface area contributed by atoms with Crippen LogP contribution in [0, 0.1) is 5.92 Å². The van der Waals surface area contributed by atoms with Gasteiger partial charge in [0.05, 0.1) is 0 Å². The van der Waals surface area contributed by atoms with Crippen molar-refractivity contribution < 1.29 is 4.79 Å². The molecule has 0 aromatic carbocycles. The van der Waals surface area contributed by atoms with Crippen LogP contribution in [-0.2, 0) is 4.79 Å². The van der Waals surface area contributed by atoms with E-state index in [2.05, 4.69) is 19.2 Å². The van der Waals surface area contributed by atoms with Gasteiger partial charge in [-0.05, 0) is 25.7 Å². The van der Waals surface area contributed by atoms with E-state index in [1.54, 1.807) is 0 Å². The van der Waals surface area contributed by atoms with Crippen molar-refractivity contribution in [1.82, 2.24) is 5.32 Å². The monoisotopic (exact) mass is 228 g/mol. The second kappa shape index (κ2) is 9.64. The van der Waals surface area contributed by atoms with Gasteiger partial charge in [-0.3, -0.25) is 4.79 Å². The molecule has 1 amide bonds. The molecule has 3 nitrogen and oxygen atoms in total. The summed E-state index contributed by atoms with van der Waals surface area (Å²) in [5.41, 5.74) is 5.61. The fourth-order valence-corrected chi connectivity index (χ4v) is 1.65. The number of rotatable bonds is 9. The Balaban J connectivity index is 3.62. The van der Waals surface area contributed by atoms with Crippen molar-refractivity contribution >= 4 is 5.91 Å². The SMILES string of the molecule is CCCCC(CC)CNC(=O)CCC(C)N. The van der Waals surface area contributed by atoms with Crippen LogP contribution in [0.15, 0.2) is 0 Å². The van der Waals surface area contributed by atoms with Gasteiger partial charge in [-0.15, -0.1) is 0 Å². The number of hydrogen-bond donors (Lipinski definition) is 2. The van der Waals surface area contributed by atoms with Crippen LogP contribution in [0.3, 0.4) is 0 Å². The molecule has 0 saturated heterocycles. The third kappa shape index (κ3) is 8.72. The zero-order chi connectivity index (χ0) is 12.4. The molecule has 0 aliphatic carbocycles. The van der Waals surface area contributed by atoms with E-state index >= 15 is 0 Å². The van der Waals surface area contributed by atoms with E-state index in [1.807, 2.05) is 6.92 Å². The van der Waals surface area contributed by atoms with Gasteiger partial charge in [0.15, 0.2) is 0 Å². The molecule has 2 unspecified atom stereocenters. The summed E-state index contributed by atoms with van der Waals surface area (Å²) in [6.07, 6.45) is 6.19. The second-order valence-corrected chi connectivity index (χ2v) is 4.74. The Morgan fingerprint density at radius 1 is 1.31 bits per heavy atom. The van der Waals surface area contributed by atoms with Crippen molar-refractivity contribution in [2.24, 2.45) is 11.7 Å². The van der Waals surface area contributed by atoms with E-state index in [0.29, 0.717) is 12.3 Å². The summed E-state index contributed by atoms with van der Waals surface area (Å²) in [5.74, 6) is 0.784. The minimum atomic E-state index is 0.118. The lowest BCUT2D eigenvalue weighted by Gasteiger charge is -2.15. The zero-order valence-corrected chi connectivity index (χ0v) is 11.1. The highest BCUT2D eigenvalue weighted by Crippen LogP contribution is 2.11. The fourth-order valence-electron chi connectivity index (χ4n) is 1.65. The number of hydrogen-bond acceptors (Lipinski definition) is 2. The largest absolute Gasteiger partial charge is 0.356 e. The normalized spacial score (nSPS) is 14.5. The quantitative estimate of drug-likeness (QED) is 0.637. The molecular formula is C13H28N2O. The Labute approximate surface area is 100 Å². The van der Waals surface area contributed by atoms with E-state index in [0.717, 1.165) is 19.4 Å². The maximum atomic E-state index is 11.5. The van der Waals surface area contributed by atoms with E-state index in [-0.39, 0.29) is 11.9 Å². The highest BCUT2D eigenvalue weighted by atomic mass is 16.1. The van der Waals surface area contributed by atoms with E-state index in [4.69, 9.17) is 5.73 Å². The standard InChI is InChI=1S/C13H28N2O/c1-4-6-7-12(5-2)10-15-13(16)9-8-11(3)14/h11-12H,4-10,14H2,1-3H3,(H,15,16). The predicted molar refractivity (Wildman–Crippen MR) is 69.2 cm³/mol. The van der Waals surface area contributed by atoms with Crippen molar-refractivity contribution in [3.8, 4) is 0 Å². The molecule has 96 valence electrons. The summed E-state index contributed by atoms with van der Waals surface area (Å²) < 4.78 is 0. The van der Waals surface area contributed by atoms with Crippen LogP contribution >= 0.6 is 0 Å². The molecule has 0 aromatic heterocycles. The number of amides is 1. The molecule has 0 aliphatic rings. The highest BCUT2D eigenvalue weighted by Gasteiger charge is 2.08. The third-order valence-corrected chi connectivity index (χ3v) is 2.96. The first-order valence-electron chi connectivity index (χ1n) is 6.62. The Morgan fingerprint density at radius 3 is 2.50 bits per heavy atom.